The maximum Gasteiger partial charge on any atom is 0.0631 e. The van der Waals surface area contributed by atoms with Crippen molar-refractivity contribution in [1.29, 1.82) is 0 Å². The van der Waals surface area contributed by atoms with Gasteiger partial charge < -0.3 is 5.73 Å². The molecule has 3 heteroatoms. The van der Waals surface area contributed by atoms with Crippen molar-refractivity contribution in [1.82, 2.24) is 9.78 Å². The molecule has 0 atom stereocenters. The predicted octanol–water partition coefficient (Wildman–Crippen LogP) is 2.69. The van der Waals surface area contributed by atoms with Crippen LogP contribution in [0.3, 0.4) is 0 Å². The SMILES string of the molecule is CCn1nc(C)c(Cc2ccc(N)cc2)c1C. The van der Waals surface area contributed by atoms with Gasteiger partial charge in [0.15, 0.2) is 0 Å². The minimum absolute atomic E-state index is 0.812. The van der Waals surface area contributed by atoms with Gasteiger partial charge in [0.1, 0.15) is 0 Å². The summed E-state index contributed by atoms with van der Waals surface area (Å²) >= 11 is 0. The number of hydrogen-bond acceptors (Lipinski definition) is 2. The molecule has 0 aliphatic rings. The van der Waals surface area contributed by atoms with Gasteiger partial charge in [-0.3, -0.25) is 4.68 Å². The van der Waals surface area contributed by atoms with Gasteiger partial charge >= 0.3 is 0 Å². The van der Waals surface area contributed by atoms with Crippen molar-refractivity contribution in [3.8, 4) is 0 Å². The van der Waals surface area contributed by atoms with Crippen molar-refractivity contribution in [3.63, 3.8) is 0 Å². The molecule has 0 saturated heterocycles. The Morgan fingerprint density at radius 3 is 2.35 bits per heavy atom. The monoisotopic (exact) mass is 229 g/mol. The summed E-state index contributed by atoms with van der Waals surface area (Å²) in [6, 6.07) is 8.06. The van der Waals surface area contributed by atoms with Gasteiger partial charge in [0, 0.05) is 29.9 Å². The highest BCUT2D eigenvalue weighted by molar-refractivity contribution is 5.41. The molecule has 2 aromatic rings. The number of hydrogen-bond donors (Lipinski definition) is 1. The molecule has 1 aromatic carbocycles. The zero-order valence-electron chi connectivity index (χ0n) is 10.7. The zero-order chi connectivity index (χ0) is 12.4. The maximum atomic E-state index is 5.69. The van der Waals surface area contributed by atoms with Crippen molar-refractivity contribution in [2.24, 2.45) is 0 Å². The predicted molar refractivity (Wildman–Crippen MR) is 71.0 cm³/mol. The first-order chi connectivity index (χ1) is 8.11. The van der Waals surface area contributed by atoms with Gasteiger partial charge in [-0.1, -0.05) is 12.1 Å². The average molecular weight is 229 g/mol. The van der Waals surface area contributed by atoms with E-state index in [1.165, 1.54) is 16.8 Å². The smallest absolute Gasteiger partial charge is 0.0631 e. The van der Waals surface area contributed by atoms with Crippen molar-refractivity contribution in [2.75, 3.05) is 5.73 Å². The van der Waals surface area contributed by atoms with Crippen LogP contribution in [0.15, 0.2) is 24.3 Å². The number of nitrogens with two attached hydrogens (primary N) is 1. The summed E-state index contributed by atoms with van der Waals surface area (Å²) in [6.45, 7) is 7.25. The lowest BCUT2D eigenvalue weighted by Gasteiger charge is -2.04. The van der Waals surface area contributed by atoms with Gasteiger partial charge in [-0.2, -0.15) is 5.10 Å². The second-order valence-corrected chi connectivity index (χ2v) is 4.38. The molecule has 90 valence electrons. The minimum atomic E-state index is 0.812. The summed E-state index contributed by atoms with van der Waals surface area (Å²) < 4.78 is 2.06. The largest absolute Gasteiger partial charge is 0.399 e. The van der Waals surface area contributed by atoms with Crippen LogP contribution in [-0.4, -0.2) is 9.78 Å². The van der Waals surface area contributed by atoms with Gasteiger partial charge in [-0.15, -0.1) is 0 Å². The first-order valence-corrected chi connectivity index (χ1v) is 5.99. The fourth-order valence-corrected chi connectivity index (χ4v) is 2.14. The Labute approximate surface area is 102 Å². The Hall–Kier alpha value is -1.77. The third-order valence-corrected chi connectivity index (χ3v) is 3.19. The van der Waals surface area contributed by atoms with Crippen LogP contribution in [-0.2, 0) is 13.0 Å². The van der Waals surface area contributed by atoms with E-state index in [0.717, 1.165) is 24.3 Å². The number of nitrogens with zero attached hydrogens (tertiary/aromatic N) is 2. The molecule has 0 radical (unpaired) electrons. The van der Waals surface area contributed by atoms with Crippen molar-refractivity contribution >= 4 is 5.69 Å². The number of aromatic nitrogens is 2. The van der Waals surface area contributed by atoms with Crippen LogP contribution in [0.5, 0.6) is 0 Å². The molecule has 0 spiro atoms. The fourth-order valence-electron chi connectivity index (χ4n) is 2.14. The third-order valence-electron chi connectivity index (χ3n) is 3.19. The Morgan fingerprint density at radius 1 is 1.18 bits per heavy atom. The van der Waals surface area contributed by atoms with E-state index in [2.05, 4.69) is 42.7 Å². The van der Waals surface area contributed by atoms with E-state index < -0.39 is 0 Å². The van der Waals surface area contributed by atoms with E-state index in [9.17, 15) is 0 Å². The summed E-state index contributed by atoms with van der Waals surface area (Å²) in [5, 5.41) is 4.53. The molecule has 2 N–H and O–H groups in total. The molecule has 3 nitrogen and oxygen atoms in total. The van der Waals surface area contributed by atoms with E-state index in [-0.39, 0.29) is 0 Å². The fraction of sp³-hybridized carbons (Fsp3) is 0.357. The standard InChI is InChI=1S/C14H19N3/c1-4-17-11(3)14(10(2)16-17)9-12-5-7-13(15)8-6-12/h5-8H,4,9,15H2,1-3H3. The van der Waals surface area contributed by atoms with Crippen LogP contribution >= 0.6 is 0 Å². The summed E-state index contributed by atoms with van der Waals surface area (Å²) in [5.74, 6) is 0. The molecule has 0 bridgehead atoms. The van der Waals surface area contributed by atoms with E-state index >= 15 is 0 Å². The van der Waals surface area contributed by atoms with Crippen molar-refractivity contribution in [3.05, 3.63) is 46.8 Å². The van der Waals surface area contributed by atoms with Crippen LogP contribution in [0.4, 0.5) is 5.69 Å². The molecule has 0 unspecified atom stereocenters. The second kappa shape index (κ2) is 4.62. The molecule has 17 heavy (non-hydrogen) atoms. The Balaban J connectivity index is 2.29. The molecule has 0 aliphatic heterocycles. The molecular formula is C14H19N3. The highest BCUT2D eigenvalue weighted by Gasteiger charge is 2.10. The number of rotatable bonds is 3. The molecule has 2 rings (SSSR count). The molecule has 0 saturated carbocycles. The Bertz CT molecular complexity index is 509. The topological polar surface area (TPSA) is 43.8 Å². The van der Waals surface area contributed by atoms with Crippen LogP contribution < -0.4 is 5.73 Å². The first kappa shape index (κ1) is 11.7. The Kier molecular flexibility index (Phi) is 3.18. The normalized spacial score (nSPS) is 10.8. The summed E-state index contributed by atoms with van der Waals surface area (Å²) in [5.41, 5.74) is 11.5. The van der Waals surface area contributed by atoms with Crippen LogP contribution in [0.1, 0.15) is 29.4 Å². The Morgan fingerprint density at radius 2 is 1.82 bits per heavy atom. The van der Waals surface area contributed by atoms with Gasteiger partial charge in [0.05, 0.1) is 5.69 Å². The highest BCUT2D eigenvalue weighted by atomic mass is 15.3. The number of anilines is 1. The molecule has 0 aliphatic carbocycles. The zero-order valence-corrected chi connectivity index (χ0v) is 10.7. The van der Waals surface area contributed by atoms with Crippen LogP contribution in [0, 0.1) is 13.8 Å². The van der Waals surface area contributed by atoms with E-state index in [0.29, 0.717) is 0 Å². The first-order valence-electron chi connectivity index (χ1n) is 5.99. The number of nitrogen functional groups attached to an aromatic ring is 1. The summed E-state index contributed by atoms with van der Waals surface area (Å²) in [4.78, 5) is 0. The second-order valence-electron chi connectivity index (χ2n) is 4.38. The number of aryl methyl sites for hydroxylation is 2. The van der Waals surface area contributed by atoms with Crippen LogP contribution in [0.2, 0.25) is 0 Å². The van der Waals surface area contributed by atoms with Crippen molar-refractivity contribution in [2.45, 2.75) is 33.7 Å². The summed E-state index contributed by atoms with van der Waals surface area (Å²) in [6.07, 6.45) is 0.929. The van der Waals surface area contributed by atoms with Gasteiger partial charge in [-0.05, 0) is 38.5 Å². The lowest BCUT2D eigenvalue weighted by molar-refractivity contribution is 0.633. The van der Waals surface area contributed by atoms with Gasteiger partial charge in [0.25, 0.3) is 0 Å². The molecule has 1 aromatic heterocycles. The van der Waals surface area contributed by atoms with Gasteiger partial charge in [-0.25, -0.2) is 0 Å². The van der Waals surface area contributed by atoms with E-state index in [1.54, 1.807) is 0 Å². The van der Waals surface area contributed by atoms with E-state index in [1.807, 2.05) is 12.1 Å². The molecular weight excluding hydrogens is 210 g/mol. The van der Waals surface area contributed by atoms with Gasteiger partial charge in [0.2, 0.25) is 0 Å². The quantitative estimate of drug-likeness (QED) is 0.822. The van der Waals surface area contributed by atoms with Crippen molar-refractivity contribution < 1.29 is 0 Å². The maximum absolute atomic E-state index is 5.69. The third kappa shape index (κ3) is 2.33. The number of benzene rings is 1. The lowest BCUT2D eigenvalue weighted by atomic mass is 10.0. The molecule has 0 fully saturated rings. The highest BCUT2D eigenvalue weighted by Crippen LogP contribution is 2.18. The minimum Gasteiger partial charge on any atom is -0.399 e. The van der Waals surface area contributed by atoms with E-state index in [4.69, 9.17) is 5.73 Å². The molecule has 0 amide bonds. The summed E-state index contributed by atoms with van der Waals surface area (Å²) in [7, 11) is 0. The molecule has 1 heterocycles. The van der Waals surface area contributed by atoms with Crippen LogP contribution in [0.25, 0.3) is 0 Å². The lowest BCUT2D eigenvalue weighted by Crippen LogP contribution is -1.99. The average Bonchev–Trinajstić information content (AvgIpc) is 2.59.